The van der Waals surface area contributed by atoms with Gasteiger partial charge in [0, 0.05) is 6.07 Å². The maximum atomic E-state index is 10.8. The van der Waals surface area contributed by atoms with Crippen LogP contribution < -0.4 is 10.5 Å². The van der Waals surface area contributed by atoms with E-state index in [0.717, 1.165) is 11.1 Å². The molecule has 5 nitrogen and oxygen atoms in total. The van der Waals surface area contributed by atoms with Gasteiger partial charge in [0.25, 0.3) is 5.69 Å². The third-order valence-electron chi connectivity index (χ3n) is 2.63. The lowest BCUT2D eigenvalue weighted by Crippen LogP contribution is -1.95. The number of methoxy groups -OCH3 is 1. The summed E-state index contributed by atoms with van der Waals surface area (Å²) >= 11 is 0. The van der Waals surface area contributed by atoms with Crippen molar-refractivity contribution >= 4 is 11.4 Å². The smallest absolute Gasteiger partial charge is 0.292 e. The van der Waals surface area contributed by atoms with Gasteiger partial charge in [-0.05, 0) is 29.3 Å². The number of hydrogen-bond donors (Lipinski definition) is 1. The van der Waals surface area contributed by atoms with E-state index < -0.39 is 4.92 Å². The molecule has 0 bridgehead atoms. The highest BCUT2D eigenvalue weighted by Gasteiger charge is 2.12. The summed E-state index contributed by atoms with van der Waals surface area (Å²) in [5.74, 6) is 0.701. The molecule has 0 saturated heterocycles. The standard InChI is InChI=1S/C13H12N2O3/c1-18-11-4-2-3-9(7-11)10-5-6-12(14)13(8-10)15(16)17/h2-8H,14H2,1H3. The van der Waals surface area contributed by atoms with Crippen LogP contribution in [0.4, 0.5) is 11.4 Å². The second-order valence-electron chi connectivity index (χ2n) is 3.76. The average molecular weight is 244 g/mol. The van der Waals surface area contributed by atoms with E-state index in [-0.39, 0.29) is 11.4 Å². The van der Waals surface area contributed by atoms with Gasteiger partial charge in [0.2, 0.25) is 0 Å². The molecule has 0 aromatic heterocycles. The third kappa shape index (κ3) is 2.24. The van der Waals surface area contributed by atoms with E-state index >= 15 is 0 Å². The van der Waals surface area contributed by atoms with Crippen molar-refractivity contribution in [3.63, 3.8) is 0 Å². The number of nitrogen functional groups attached to an aromatic ring is 1. The van der Waals surface area contributed by atoms with Crippen LogP contribution in [0.1, 0.15) is 0 Å². The topological polar surface area (TPSA) is 78.4 Å². The molecule has 2 N–H and O–H groups in total. The predicted molar refractivity (Wildman–Crippen MR) is 69.5 cm³/mol. The van der Waals surface area contributed by atoms with Gasteiger partial charge in [-0.2, -0.15) is 0 Å². The highest BCUT2D eigenvalue weighted by molar-refractivity contribution is 5.72. The summed E-state index contributed by atoms with van der Waals surface area (Å²) in [5, 5.41) is 10.8. The second-order valence-corrected chi connectivity index (χ2v) is 3.76. The molecule has 2 aromatic carbocycles. The molecule has 0 aliphatic heterocycles. The van der Waals surface area contributed by atoms with E-state index in [1.54, 1.807) is 13.2 Å². The van der Waals surface area contributed by atoms with E-state index in [1.807, 2.05) is 24.3 Å². The summed E-state index contributed by atoms with van der Waals surface area (Å²) in [6.07, 6.45) is 0. The van der Waals surface area contributed by atoms with Gasteiger partial charge in [-0.3, -0.25) is 10.1 Å². The van der Waals surface area contributed by atoms with Crippen LogP contribution in [0.15, 0.2) is 42.5 Å². The lowest BCUT2D eigenvalue weighted by Gasteiger charge is -2.05. The molecule has 0 saturated carbocycles. The van der Waals surface area contributed by atoms with Crippen molar-refractivity contribution in [2.24, 2.45) is 0 Å². The van der Waals surface area contributed by atoms with Gasteiger partial charge in [-0.1, -0.05) is 18.2 Å². The van der Waals surface area contributed by atoms with E-state index in [2.05, 4.69) is 0 Å². The summed E-state index contributed by atoms with van der Waals surface area (Å²) in [6, 6.07) is 12.1. The molecule has 0 amide bonds. The van der Waals surface area contributed by atoms with Crippen molar-refractivity contribution in [1.82, 2.24) is 0 Å². The molecular formula is C13H12N2O3. The molecule has 0 radical (unpaired) electrons. The van der Waals surface area contributed by atoms with E-state index in [1.165, 1.54) is 12.1 Å². The van der Waals surface area contributed by atoms with Crippen molar-refractivity contribution in [1.29, 1.82) is 0 Å². The molecule has 0 aliphatic rings. The van der Waals surface area contributed by atoms with Crippen molar-refractivity contribution in [2.75, 3.05) is 12.8 Å². The molecule has 2 aromatic rings. The summed E-state index contributed by atoms with van der Waals surface area (Å²) in [6.45, 7) is 0. The first kappa shape index (κ1) is 11.9. The molecule has 0 heterocycles. The number of hydrogen-bond acceptors (Lipinski definition) is 4. The number of rotatable bonds is 3. The average Bonchev–Trinajstić information content (AvgIpc) is 2.39. The van der Waals surface area contributed by atoms with Crippen LogP contribution in [0, 0.1) is 10.1 Å². The maximum absolute atomic E-state index is 10.8. The molecule has 5 heteroatoms. The van der Waals surface area contributed by atoms with Crippen LogP contribution in [0.25, 0.3) is 11.1 Å². The zero-order valence-electron chi connectivity index (χ0n) is 9.79. The first-order valence-corrected chi connectivity index (χ1v) is 5.30. The number of benzene rings is 2. The Morgan fingerprint density at radius 2 is 1.89 bits per heavy atom. The molecule has 0 atom stereocenters. The second kappa shape index (κ2) is 4.75. The zero-order valence-corrected chi connectivity index (χ0v) is 9.79. The number of nitrogens with two attached hydrogens (primary N) is 1. The Balaban J connectivity index is 2.50. The van der Waals surface area contributed by atoms with E-state index in [4.69, 9.17) is 10.5 Å². The maximum Gasteiger partial charge on any atom is 0.292 e. The minimum absolute atomic E-state index is 0.0877. The molecule has 0 aliphatic carbocycles. The fourth-order valence-corrected chi connectivity index (χ4v) is 1.68. The fourth-order valence-electron chi connectivity index (χ4n) is 1.68. The minimum Gasteiger partial charge on any atom is -0.497 e. The van der Waals surface area contributed by atoms with Crippen molar-refractivity contribution in [3.8, 4) is 16.9 Å². The summed E-state index contributed by atoms with van der Waals surface area (Å²) < 4.78 is 5.12. The van der Waals surface area contributed by atoms with E-state index in [0.29, 0.717) is 5.75 Å². The minimum atomic E-state index is -0.487. The Kier molecular flexibility index (Phi) is 3.14. The third-order valence-corrected chi connectivity index (χ3v) is 2.63. The Morgan fingerprint density at radius 3 is 2.56 bits per heavy atom. The normalized spacial score (nSPS) is 10.1. The first-order chi connectivity index (χ1) is 8.61. The molecule has 0 spiro atoms. The van der Waals surface area contributed by atoms with Crippen molar-refractivity contribution < 1.29 is 9.66 Å². The highest BCUT2D eigenvalue weighted by atomic mass is 16.6. The van der Waals surface area contributed by atoms with Gasteiger partial charge in [-0.25, -0.2) is 0 Å². The lowest BCUT2D eigenvalue weighted by molar-refractivity contribution is -0.383. The predicted octanol–water partition coefficient (Wildman–Crippen LogP) is 2.85. The molecule has 2 rings (SSSR count). The van der Waals surface area contributed by atoms with Gasteiger partial charge >= 0.3 is 0 Å². The Labute approximate surface area is 104 Å². The van der Waals surface area contributed by atoms with E-state index in [9.17, 15) is 10.1 Å². The Hall–Kier alpha value is -2.56. The van der Waals surface area contributed by atoms with Crippen LogP contribution in [-0.4, -0.2) is 12.0 Å². The van der Waals surface area contributed by atoms with Crippen molar-refractivity contribution in [2.45, 2.75) is 0 Å². The summed E-state index contributed by atoms with van der Waals surface area (Å²) in [4.78, 5) is 10.3. The van der Waals surface area contributed by atoms with Crippen molar-refractivity contribution in [3.05, 3.63) is 52.6 Å². The van der Waals surface area contributed by atoms with Gasteiger partial charge in [0.05, 0.1) is 12.0 Å². The molecule has 92 valence electrons. The number of nitro benzene ring substituents is 1. The fraction of sp³-hybridized carbons (Fsp3) is 0.0769. The van der Waals surface area contributed by atoms with Gasteiger partial charge in [0.15, 0.2) is 0 Å². The highest BCUT2D eigenvalue weighted by Crippen LogP contribution is 2.30. The molecular weight excluding hydrogens is 232 g/mol. The zero-order chi connectivity index (χ0) is 13.1. The summed E-state index contributed by atoms with van der Waals surface area (Å²) in [7, 11) is 1.57. The number of nitrogens with zero attached hydrogens (tertiary/aromatic N) is 1. The molecule has 0 unspecified atom stereocenters. The SMILES string of the molecule is COc1cccc(-c2ccc(N)c([N+](=O)[O-])c2)c1. The first-order valence-electron chi connectivity index (χ1n) is 5.30. The number of anilines is 1. The molecule has 18 heavy (non-hydrogen) atoms. The summed E-state index contributed by atoms with van der Waals surface area (Å²) in [5.41, 5.74) is 7.21. The molecule has 0 fully saturated rings. The van der Waals surface area contributed by atoms with Gasteiger partial charge in [0.1, 0.15) is 11.4 Å². The van der Waals surface area contributed by atoms with Crippen LogP contribution in [0.5, 0.6) is 5.75 Å². The van der Waals surface area contributed by atoms with Crippen LogP contribution in [0.3, 0.4) is 0 Å². The number of nitro groups is 1. The Morgan fingerprint density at radius 1 is 1.17 bits per heavy atom. The van der Waals surface area contributed by atoms with Gasteiger partial charge < -0.3 is 10.5 Å². The number of ether oxygens (including phenoxy) is 1. The quantitative estimate of drug-likeness (QED) is 0.511. The van der Waals surface area contributed by atoms with Crippen LogP contribution in [0.2, 0.25) is 0 Å². The Bertz CT molecular complexity index is 597. The van der Waals surface area contributed by atoms with Crippen LogP contribution in [-0.2, 0) is 0 Å². The largest absolute Gasteiger partial charge is 0.497 e. The van der Waals surface area contributed by atoms with Gasteiger partial charge in [-0.15, -0.1) is 0 Å². The van der Waals surface area contributed by atoms with Crippen LogP contribution >= 0.6 is 0 Å². The monoisotopic (exact) mass is 244 g/mol. The lowest BCUT2D eigenvalue weighted by atomic mass is 10.0.